The topological polar surface area (TPSA) is 89.0 Å². The van der Waals surface area contributed by atoms with E-state index in [1.165, 1.54) is 19.2 Å². The number of hydrogen-bond acceptors (Lipinski definition) is 6. The highest BCUT2D eigenvalue weighted by Crippen LogP contribution is 2.66. The first kappa shape index (κ1) is 24.7. The molecule has 1 aromatic rings. The van der Waals surface area contributed by atoms with Gasteiger partial charge in [-0.15, -0.1) is 0 Å². The molecule has 2 aliphatic rings. The van der Waals surface area contributed by atoms with Gasteiger partial charge >= 0.3 is 6.09 Å². The largest absolute Gasteiger partial charge is 0.416 e. The molecule has 0 unspecified atom stereocenters. The molecule has 2 amide bonds. The van der Waals surface area contributed by atoms with Crippen molar-refractivity contribution in [1.29, 1.82) is 0 Å². The molecule has 3 atom stereocenters. The zero-order chi connectivity index (χ0) is 23.7. The molecule has 0 radical (unpaired) electrons. The monoisotopic (exact) mass is 485 g/mol. The van der Waals surface area contributed by atoms with Crippen LogP contribution < -0.4 is 10.6 Å². The van der Waals surface area contributed by atoms with Gasteiger partial charge in [-0.1, -0.05) is 31.8 Å². The third-order valence-electron chi connectivity index (χ3n) is 5.78. The van der Waals surface area contributed by atoms with Crippen molar-refractivity contribution in [3.63, 3.8) is 0 Å². The number of rotatable bonds is 7. The Hall–Kier alpha value is -1.98. The summed E-state index contributed by atoms with van der Waals surface area (Å²) in [6, 6.07) is 4.81. The van der Waals surface area contributed by atoms with Gasteiger partial charge in [0, 0.05) is 33.2 Å². The highest BCUT2D eigenvalue weighted by atomic mass is 32.2. The molecule has 176 valence electrons. The van der Waals surface area contributed by atoms with E-state index in [2.05, 4.69) is 35.3 Å². The maximum atomic E-state index is 14.7. The van der Waals surface area contributed by atoms with Crippen molar-refractivity contribution in [3.05, 3.63) is 35.4 Å². The van der Waals surface area contributed by atoms with E-state index < -0.39 is 36.1 Å². The third-order valence-corrected chi connectivity index (χ3v) is 8.84. The molecule has 7 nitrogen and oxygen atoms in total. The number of carbonyl (C=O) groups excluding carboxylic acids is 2. The summed E-state index contributed by atoms with van der Waals surface area (Å²) in [5.74, 6) is -2.68. The molecule has 1 aliphatic carbocycles. The Morgan fingerprint density at radius 2 is 2.03 bits per heavy atom. The molecule has 1 fully saturated rings. The van der Waals surface area contributed by atoms with E-state index in [9.17, 15) is 18.4 Å². The van der Waals surface area contributed by atoms with Crippen LogP contribution in [0.1, 0.15) is 18.9 Å². The molecule has 0 spiro atoms. The lowest BCUT2D eigenvalue weighted by molar-refractivity contribution is -0.121. The Morgan fingerprint density at radius 3 is 2.69 bits per heavy atom. The maximum Gasteiger partial charge on any atom is 0.416 e. The van der Waals surface area contributed by atoms with E-state index in [0.717, 1.165) is 23.9 Å². The van der Waals surface area contributed by atoms with E-state index >= 15 is 0 Å². The van der Waals surface area contributed by atoms with Gasteiger partial charge in [0.1, 0.15) is 11.5 Å². The minimum atomic E-state index is -1.27. The molecule has 1 saturated carbocycles. The van der Waals surface area contributed by atoms with Crippen LogP contribution in [0.2, 0.25) is 25.7 Å². The summed E-state index contributed by atoms with van der Waals surface area (Å²) in [6.07, 6.45) is -0.404. The Bertz CT molecular complexity index is 942. The van der Waals surface area contributed by atoms with Crippen LogP contribution >= 0.6 is 11.8 Å². The molecule has 1 aliphatic heterocycles. The summed E-state index contributed by atoms with van der Waals surface area (Å²) in [5, 5.41) is 5.03. The smallest absolute Gasteiger partial charge is 0.385 e. The molecular formula is C21H29F2N3O4SSi. The Balaban J connectivity index is 1.76. The van der Waals surface area contributed by atoms with Crippen molar-refractivity contribution < 1.29 is 27.8 Å². The molecule has 0 aromatic heterocycles. The highest BCUT2D eigenvalue weighted by Gasteiger charge is 2.71. The minimum absolute atomic E-state index is 0.0183. The predicted octanol–water partition coefficient (Wildman–Crippen LogP) is 3.83. The van der Waals surface area contributed by atoms with Gasteiger partial charge in [-0.05, 0) is 37.2 Å². The lowest BCUT2D eigenvalue weighted by atomic mass is 9.85. The first-order chi connectivity index (χ1) is 14.9. The molecule has 0 saturated heterocycles. The minimum Gasteiger partial charge on any atom is -0.385 e. The van der Waals surface area contributed by atoms with Crippen molar-refractivity contribution in [1.82, 2.24) is 10.6 Å². The molecular weight excluding hydrogens is 456 g/mol. The van der Waals surface area contributed by atoms with Crippen molar-refractivity contribution in [3.8, 4) is 0 Å². The second kappa shape index (κ2) is 9.10. The fraction of sp³-hybridized carbons (Fsp3) is 0.571. The number of ether oxygens (including phenoxy) is 2. The summed E-state index contributed by atoms with van der Waals surface area (Å²) in [5.41, 5.74) is -1.25. The molecule has 1 heterocycles. The van der Waals surface area contributed by atoms with E-state index in [0.29, 0.717) is 13.0 Å². The third kappa shape index (κ3) is 4.99. The van der Waals surface area contributed by atoms with Gasteiger partial charge in [-0.2, -0.15) is 0 Å². The Kier molecular flexibility index (Phi) is 7.01. The standard InChI is InChI=1S/C21H29F2N3O4SSi/c1-20(13-7-6-8-14(22)16(13)23)15-11-21(15,17(27)24-2)31-19(26-20)30-18(28)25-12-29-9-10-32(3,4)5/h6-8,15H,9-12H2,1-5H3,(H,24,27)(H,25,28)/t15-,20+,21-/m0/s1. The fourth-order valence-electron chi connectivity index (χ4n) is 3.83. The molecule has 2 N–H and O–H groups in total. The zero-order valence-corrected chi connectivity index (χ0v) is 20.7. The number of thioether (sulfide) groups is 1. The molecule has 1 aromatic carbocycles. The normalized spacial score (nSPS) is 26.6. The summed E-state index contributed by atoms with van der Waals surface area (Å²) >= 11 is 1.03. The van der Waals surface area contributed by atoms with Crippen LogP contribution in [0.25, 0.3) is 0 Å². The summed E-state index contributed by atoms with van der Waals surface area (Å²) < 4.78 is 38.4. The van der Waals surface area contributed by atoms with Crippen LogP contribution in [-0.2, 0) is 19.8 Å². The van der Waals surface area contributed by atoms with Crippen molar-refractivity contribution in [2.45, 2.75) is 49.3 Å². The van der Waals surface area contributed by atoms with E-state index in [-0.39, 0.29) is 29.3 Å². The summed E-state index contributed by atoms with van der Waals surface area (Å²) in [7, 11) is 0.265. The number of nitrogens with one attached hydrogen (secondary N) is 2. The number of nitrogens with zero attached hydrogens (tertiary/aromatic N) is 1. The SMILES string of the molecule is CNC(=O)[C@]12C[C@H]1[C@@](C)(c1cccc(F)c1F)N=C(OC(=O)NCOCC[Si](C)(C)C)S2. The summed E-state index contributed by atoms with van der Waals surface area (Å²) in [6.45, 7) is 8.80. The number of halogens is 2. The number of aliphatic imine (C=N–C) groups is 1. The predicted molar refractivity (Wildman–Crippen MR) is 122 cm³/mol. The second-order valence-electron chi connectivity index (χ2n) is 9.38. The molecule has 11 heteroatoms. The average Bonchev–Trinajstić information content (AvgIpc) is 3.45. The van der Waals surface area contributed by atoms with Gasteiger partial charge < -0.3 is 14.8 Å². The number of carbonyl (C=O) groups is 2. The van der Waals surface area contributed by atoms with Crippen molar-refractivity contribution in [2.75, 3.05) is 20.4 Å². The number of benzene rings is 1. The van der Waals surface area contributed by atoms with Gasteiger partial charge in [0.05, 0.1) is 5.54 Å². The first-order valence-electron chi connectivity index (χ1n) is 10.4. The lowest BCUT2D eigenvalue weighted by Gasteiger charge is -2.33. The van der Waals surface area contributed by atoms with Crippen LogP contribution in [0.5, 0.6) is 0 Å². The second-order valence-corrected chi connectivity index (χ2v) is 16.3. The van der Waals surface area contributed by atoms with Gasteiger partial charge in [-0.25, -0.2) is 18.6 Å². The Morgan fingerprint density at radius 1 is 1.31 bits per heavy atom. The van der Waals surface area contributed by atoms with Gasteiger partial charge in [0.15, 0.2) is 11.6 Å². The highest BCUT2D eigenvalue weighted by molar-refractivity contribution is 8.15. The van der Waals surface area contributed by atoms with Gasteiger partial charge in [0.25, 0.3) is 5.23 Å². The zero-order valence-electron chi connectivity index (χ0n) is 18.9. The van der Waals surface area contributed by atoms with E-state index in [1.54, 1.807) is 6.92 Å². The van der Waals surface area contributed by atoms with Crippen LogP contribution in [0.4, 0.5) is 13.6 Å². The molecule has 32 heavy (non-hydrogen) atoms. The molecule has 0 bridgehead atoms. The van der Waals surface area contributed by atoms with Crippen LogP contribution in [-0.4, -0.2) is 50.4 Å². The van der Waals surface area contributed by atoms with E-state index in [4.69, 9.17) is 9.47 Å². The van der Waals surface area contributed by atoms with Gasteiger partial charge in [0.2, 0.25) is 5.91 Å². The van der Waals surface area contributed by atoms with Crippen LogP contribution in [0, 0.1) is 17.6 Å². The fourth-order valence-corrected chi connectivity index (χ4v) is 6.06. The maximum absolute atomic E-state index is 14.7. The van der Waals surface area contributed by atoms with Crippen molar-refractivity contribution >= 4 is 37.1 Å². The number of hydrogen-bond donors (Lipinski definition) is 2. The summed E-state index contributed by atoms with van der Waals surface area (Å²) in [4.78, 5) is 29.4. The van der Waals surface area contributed by atoms with Crippen LogP contribution in [0.3, 0.4) is 0 Å². The first-order valence-corrected chi connectivity index (χ1v) is 14.9. The lowest BCUT2D eigenvalue weighted by Crippen LogP contribution is -2.43. The van der Waals surface area contributed by atoms with E-state index in [1.807, 2.05) is 0 Å². The quantitative estimate of drug-likeness (QED) is 0.348. The van der Waals surface area contributed by atoms with Crippen LogP contribution in [0.15, 0.2) is 23.2 Å². The number of amides is 2. The van der Waals surface area contributed by atoms with Crippen molar-refractivity contribution in [2.24, 2.45) is 10.9 Å². The average molecular weight is 486 g/mol. The number of fused-ring (bicyclic) bond motifs is 1. The Labute approximate surface area is 191 Å². The van der Waals surface area contributed by atoms with Gasteiger partial charge in [-0.3, -0.25) is 10.1 Å². The molecule has 3 rings (SSSR count). The number of alkyl carbamates (subject to hydrolysis) is 1.